The molecule has 0 aliphatic heterocycles. The zero-order valence-electron chi connectivity index (χ0n) is 19.8. The van der Waals surface area contributed by atoms with Gasteiger partial charge in [-0.05, 0) is 61.2 Å². The quantitative estimate of drug-likeness (QED) is 0.189. The van der Waals surface area contributed by atoms with Gasteiger partial charge in [-0.15, -0.1) is 0 Å². The van der Waals surface area contributed by atoms with Gasteiger partial charge in [-0.2, -0.15) is 0 Å². The first-order valence-electron chi connectivity index (χ1n) is 11.5. The summed E-state index contributed by atoms with van der Waals surface area (Å²) in [5.41, 5.74) is 7.79. The maximum absolute atomic E-state index is 11.8. The second-order valence-electron chi connectivity index (χ2n) is 7.79. The van der Waals surface area contributed by atoms with Crippen LogP contribution in [-0.4, -0.2) is 12.5 Å². The zero-order chi connectivity index (χ0) is 24.9. The highest BCUT2D eigenvalue weighted by atomic mass is 79.9. The normalized spacial score (nSPS) is 11.1. The van der Waals surface area contributed by atoms with Crippen molar-refractivity contribution in [2.75, 3.05) is 6.61 Å². The summed E-state index contributed by atoms with van der Waals surface area (Å²) in [6.07, 6.45) is 9.97. The number of carbonyl (C=O) groups is 1. The van der Waals surface area contributed by atoms with Crippen LogP contribution in [0.3, 0.4) is 0 Å². The molecule has 0 atom stereocenters. The number of primary amides is 1. The van der Waals surface area contributed by atoms with Gasteiger partial charge in [-0.3, -0.25) is 4.79 Å². The van der Waals surface area contributed by atoms with Crippen molar-refractivity contribution < 1.29 is 19.0 Å². The Kier molecular flexibility index (Phi) is 10.5. The van der Waals surface area contributed by atoms with Gasteiger partial charge in [-0.1, -0.05) is 76.6 Å². The van der Waals surface area contributed by atoms with Gasteiger partial charge in [-0.25, -0.2) is 0 Å². The minimum Gasteiger partial charge on any atom is -0.490 e. The van der Waals surface area contributed by atoms with Crippen LogP contribution < -0.4 is 19.9 Å². The van der Waals surface area contributed by atoms with E-state index in [9.17, 15) is 4.79 Å². The highest BCUT2D eigenvalue weighted by molar-refractivity contribution is 9.10. The van der Waals surface area contributed by atoms with Crippen molar-refractivity contribution in [2.45, 2.75) is 33.0 Å². The molecule has 0 heterocycles. The predicted molar refractivity (Wildman–Crippen MR) is 143 cm³/mol. The van der Waals surface area contributed by atoms with Crippen LogP contribution in [-0.2, 0) is 13.2 Å². The van der Waals surface area contributed by atoms with Crippen LogP contribution in [0.1, 0.15) is 41.3 Å². The number of carbonyl (C=O) groups excluding carboxylic acids is 1. The monoisotopic (exact) mass is 535 g/mol. The number of halogens is 1. The lowest BCUT2D eigenvalue weighted by atomic mass is 10.2. The Hall–Kier alpha value is -3.51. The second-order valence-corrected chi connectivity index (χ2v) is 8.71. The molecule has 0 bridgehead atoms. The third-order valence-corrected chi connectivity index (χ3v) is 5.55. The standard InChI is InChI=1S/C29H30BrNO4/c1-2-3-4-5-6-10-17-33-28-18-23(13-15-27(28)35-20-22-11-8-7-9-12-22)21-34-26-16-14-24(30)19-25(26)29(31)32/h2-5,7-9,11-16,18-19H,6,10,17,20-21H2,1H3,(H2,31,32)/b3-2-,5-4-. The molecule has 0 aromatic heterocycles. The molecule has 0 saturated heterocycles. The van der Waals surface area contributed by atoms with Crippen molar-refractivity contribution in [3.63, 3.8) is 0 Å². The first-order chi connectivity index (χ1) is 17.1. The number of unbranched alkanes of at least 4 members (excludes halogenated alkanes) is 1. The van der Waals surface area contributed by atoms with E-state index in [0.717, 1.165) is 28.4 Å². The maximum Gasteiger partial charge on any atom is 0.252 e. The molecule has 3 aromatic rings. The Morgan fingerprint density at radius 3 is 2.37 bits per heavy atom. The summed E-state index contributed by atoms with van der Waals surface area (Å²) < 4.78 is 18.8. The highest BCUT2D eigenvalue weighted by Crippen LogP contribution is 2.31. The van der Waals surface area contributed by atoms with E-state index < -0.39 is 5.91 Å². The molecule has 3 rings (SSSR count). The van der Waals surface area contributed by atoms with E-state index in [1.54, 1.807) is 12.1 Å². The van der Waals surface area contributed by atoms with Gasteiger partial charge in [0.15, 0.2) is 11.5 Å². The van der Waals surface area contributed by atoms with Crippen molar-refractivity contribution in [3.05, 3.63) is 112 Å². The molecule has 2 N–H and O–H groups in total. The summed E-state index contributed by atoms with van der Waals surface area (Å²) in [7, 11) is 0. The average molecular weight is 536 g/mol. The van der Waals surface area contributed by atoms with Crippen LogP contribution in [0.4, 0.5) is 0 Å². The van der Waals surface area contributed by atoms with Crippen molar-refractivity contribution in [1.82, 2.24) is 0 Å². The van der Waals surface area contributed by atoms with Gasteiger partial charge in [0.1, 0.15) is 19.0 Å². The molecule has 182 valence electrons. The van der Waals surface area contributed by atoms with Crippen molar-refractivity contribution in [1.29, 1.82) is 0 Å². The van der Waals surface area contributed by atoms with Gasteiger partial charge in [0, 0.05) is 4.47 Å². The third-order valence-electron chi connectivity index (χ3n) is 5.06. The summed E-state index contributed by atoms with van der Waals surface area (Å²) in [6, 6.07) is 20.9. The number of rotatable bonds is 13. The van der Waals surface area contributed by atoms with Gasteiger partial charge >= 0.3 is 0 Å². The third kappa shape index (κ3) is 8.65. The molecule has 0 aliphatic carbocycles. The maximum atomic E-state index is 11.8. The molecule has 0 fully saturated rings. The molecule has 0 radical (unpaired) electrons. The van der Waals surface area contributed by atoms with Crippen LogP contribution in [0.2, 0.25) is 0 Å². The fourth-order valence-corrected chi connectivity index (χ4v) is 3.62. The van der Waals surface area contributed by atoms with Crippen molar-refractivity contribution in [2.24, 2.45) is 5.73 Å². The number of benzene rings is 3. The number of ether oxygens (including phenoxy) is 3. The molecule has 1 amide bonds. The second kappa shape index (κ2) is 14.0. The van der Waals surface area contributed by atoms with E-state index >= 15 is 0 Å². The Bertz CT molecular complexity index is 1160. The van der Waals surface area contributed by atoms with Crippen LogP contribution >= 0.6 is 15.9 Å². The summed E-state index contributed by atoms with van der Waals surface area (Å²) in [5, 5.41) is 0. The Morgan fingerprint density at radius 2 is 1.60 bits per heavy atom. The van der Waals surface area contributed by atoms with Gasteiger partial charge in [0.05, 0.1) is 12.2 Å². The first-order valence-corrected chi connectivity index (χ1v) is 12.3. The van der Waals surface area contributed by atoms with Crippen LogP contribution in [0, 0.1) is 0 Å². The molecule has 6 heteroatoms. The minimum absolute atomic E-state index is 0.253. The Balaban J connectivity index is 1.70. The van der Waals surface area contributed by atoms with Crippen LogP contribution in [0.25, 0.3) is 0 Å². The van der Waals surface area contributed by atoms with Gasteiger partial charge in [0.2, 0.25) is 0 Å². The fourth-order valence-electron chi connectivity index (χ4n) is 3.26. The lowest BCUT2D eigenvalue weighted by Crippen LogP contribution is -2.13. The lowest BCUT2D eigenvalue weighted by molar-refractivity contribution is 0.0996. The van der Waals surface area contributed by atoms with Gasteiger partial charge < -0.3 is 19.9 Å². The fraction of sp³-hybridized carbons (Fsp3) is 0.207. The highest BCUT2D eigenvalue weighted by Gasteiger charge is 2.12. The molecule has 0 aliphatic rings. The van der Waals surface area contributed by atoms with Gasteiger partial charge in [0.25, 0.3) is 5.91 Å². The van der Waals surface area contributed by atoms with E-state index in [4.69, 9.17) is 19.9 Å². The van der Waals surface area contributed by atoms with E-state index in [-0.39, 0.29) is 6.61 Å². The first kappa shape index (κ1) is 26.1. The SMILES string of the molecule is C/C=C\C=C/CCCOc1cc(COc2ccc(Br)cc2C(N)=O)ccc1OCc1ccccc1. The largest absolute Gasteiger partial charge is 0.490 e. The number of hydrogen-bond donors (Lipinski definition) is 1. The van der Waals surface area contributed by atoms with Crippen LogP contribution in [0.15, 0.2) is 95.5 Å². The predicted octanol–water partition coefficient (Wildman–Crippen LogP) is 7.00. The smallest absolute Gasteiger partial charge is 0.252 e. The molecule has 0 unspecified atom stereocenters. The number of hydrogen-bond acceptors (Lipinski definition) is 4. The van der Waals surface area contributed by atoms with E-state index in [2.05, 4.69) is 22.0 Å². The van der Waals surface area contributed by atoms with Crippen molar-refractivity contribution >= 4 is 21.8 Å². The Labute approximate surface area is 215 Å². The van der Waals surface area contributed by atoms with Crippen molar-refractivity contribution in [3.8, 4) is 17.2 Å². The molecule has 3 aromatic carbocycles. The molecular weight excluding hydrogens is 506 g/mol. The minimum atomic E-state index is -0.543. The summed E-state index contributed by atoms with van der Waals surface area (Å²) >= 11 is 3.36. The van der Waals surface area contributed by atoms with E-state index in [0.29, 0.717) is 36.0 Å². The number of allylic oxidation sites excluding steroid dienone is 4. The lowest BCUT2D eigenvalue weighted by Gasteiger charge is -2.15. The summed E-state index contributed by atoms with van der Waals surface area (Å²) in [5.74, 6) is 1.22. The molecule has 0 spiro atoms. The van der Waals surface area contributed by atoms with E-state index in [1.807, 2.05) is 79.7 Å². The van der Waals surface area contributed by atoms with E-state index in [1.165, 1.54) is 0 Å². The molecule has 5 nitrogen and oxygen atoms in total. The Morgan fingerprint density at radius 1 is 0.857 bits per heavy atom. The molecular formula is C29H30BrNO4. The number of nitrogens with two attached hydrogens (primary N) is 1. The molecule has 35 heavy (non-hydrogen) atoms. The average Bonchev–Trinajstić information content (AvgIpc) is 2.87. The topological polar surface area (TPSA) is 70.8 Å². The summed E-state index contributed by atoms with van der Waals surface area (Å²) in [4.78, 5) is 11.8. The summed E-state index contributed by atoms with van der Waals surface area (Å²) in [6.45, 7) is 3.25. The number of amides is 1. The molecule has 0 saturated carbocycles. The van der Waals surface area contributed by atoms with Crippen LogP contribution in [0.5, 0.6) is 17.2 Å². The zero-order valence-corrected chi connectivity index (χ0v) is 21.4.